The number of allylic oxidation sites excluding steroid dienone is 2. The van der Waals surface area contributed by atoms with E-state index in [1.54, 1.807) is 7.11 Å². The highest BCUT2D eigenvalue weighted by Crippen LogP contribution is 2.39. The molecule has 2 heteroatoms. The van der Waals surface area contributed by atoms with Gasteiger partial charge in [0.25, 0.3) is 0 Å². The Labute approximate surface area is 95.0 Å². The molecule has 0 aromatic heterocycles. The molecule has 1 unspecified atom stereocenters. The number of benzene rings is 1. The highest BCUT2D eigenvalue weighted by atomic mass is 35.5. The SMILES string of the molecule is COC1(c2ccccc2)C=CCC=C1Cl. The van der Waals surface area contributed by atoms with Crippen molar-refractivity contribution in [3.8, 4) is 0 Å². The molecule has 0 heterocycles. The molecule has 0 aliphatic heterocycles. The lowest BCUT2D eigenvalue weighted by Gasteiger charge is -2.31. The summed E-state index contributed by atoms with van der Waals surface area (Å²) < 4.78 is 5.59. The highest BCUT2D eigenvalue weighted by molar-refractivity contribution is 6.31. The Balaban J connectivity index is 2.50. The molecule has 1 aliphatic rings. The highest BCUT2D eigenvalue weighted by Gasteiger charge is 2.33. The van der Waals surface area contributed by atoms with Gasteiger partial charge in [0.1, 0.15) is 5.60 Å². The number of rotatable bonds is 2. The second kappa shape index (κ2) is 4.21. The Hall–Kier alpha value is -1.05. The topological polar surface area (TPSA) is 9.23 Å². The van der Waals surface area contributed by atoms with Crippen LogP contribution in [0.25, 0.3) is 0 Å². The lowest BCUT2D eigenvalue weighted by atomic mass is 9.89. The number of halogens is 1. The Bertz CT molecular complexity index is 394. The number of hydrogen-bond donors (Lipinski definition) is 0. The second-order valence-electron chi connectivity index (χ2n) is 3.50. The molecule has 1 atom stereocenters. The third-order valence-electron chi connectivity index (χ3n) is 2.67. The maximum absolute atomic E-state index is 6.26. The Morgan fingerprint density at radius 2 is 2.00 bits per heavy atom. The number of ether oxygens (including phenoxy) is 1. The minimum absolute atomic E-state index is 0.582. The lowest BCUT2D eigenvalue weighted by Crippen LogP contribution is -2.27. The largest absolute Gasteiger partial charge is 0.364 e. The van der Waals surface area contributed by atoms with Gasteiger partial charge in [-0.1, -0.05) is 54.1 Å². The van der Waals surface area contributed by atoms with Crippen LogP contribution in [-0.2, 0) is 10.3 Å². The summed E-state index contributed by atoms with van der Waals surface area (Å²) in [5.74, 6) is 0. The monoisotopic (exact) mass is 220 g/mol. The van der Waals surface area contributed by atoms with Gasteiger partial charge in [0.2, 0.25) is 0 Å². The first-order valence-corrected chi connectivity index (χ1v) is 5.32. The molecule has 0 saturated carbocycles. The molecule has 0 radical (unpaired) electrons. The van der Waals surface area contributed by atoms with Crippen molar-refractivity contribution in [3.63, 3.8) is 0 Å². The smallest absolute Gasteiger partial charge is 0.146 e. The summed E-state index contributed by atoms with van der Waals surface area (Å²) in [6.45, 7) is 0. The van der Waals surface area contributed by atoms with E-state index in [9.17, 15) is 0 Å². The molecule has 1 aliphatic carbocycles. The van der Waals surface area contributed by atoms with Gasteiger partial charge in [-0.2, -0.15) is 0 Å². The zero-order chi connectivity index (χ0) is 10.7. The van der Waals surface area contributed by atoms with Gasteiger partial charge in [-0.25, -0.2) is 0 Å². The molecule has 1 nitrogen and oxygen atoms in total. The Morgan fingerprint density at radius 1 is 1.27 bits per heavy atom. The van der Waals surface area contributed by atoms with Crippen LogP contribution in [0.5, 0.6) is 0 Å². The van der Waals surface area contributed by atoms with E-state index >= 15 is 0 Å². The van der Waals surface area contributed by atoms with Gasteiger partial charge >= 0.3 is 0 Å². The average molecular weight is 221 g/mol. The quantitative estimate of drug-likeness (QED) is 0.692. The summed E-state index contributed by atoms with van der Waals surface area (Å²) in [6, 6.07) is 10.0. The summed E-state index contributed by atoms with van der Waals surface area (Å²) in [5.41, 5.74) is 0.478. The van der Waals surface area contributed by atoms with Gasteiger partial charge in [0, 0.05) is 7.11 Å². The molecule has 1 aromatic carbocycles. The lowest BCUT2D eigenvalue weighted by molar-refractivity contribution is 0.0669. The van der Waals surface area contributed by atoms with Gasteiger partial charge in [0.15, 0.2) is 0 Å². The Kier molecular flexibility index (Phi) is 2.94. The third kappa shape index (κ3) is 1.73. The maximum atomic E-state index is 6.26. The van der Waals surface area contributed by atoms with Crippen LogP contribution < -0.4 is 0 Å². The number of hydrogen-bond acceptors (Lipinski definition) is 1. The van der Waals surface area contributed by atoms with E-state index in [-0.39, 0.29) is 0 Å². The van der Waals surface area contributed by atoms with Crippen LogP contribution in [0.3, 0.4) is 0 Å². The zero-order valence-corrected chi connectivity index (χ0v) is 9.37. The minimum Gasteiger partial charge on any atom is -0.364 e. The van der Waals surface area contributed by atoms with Gasteiger partial charge in [-0.3, -0.25) is 0 Å². The fourth-order valence-corrected chi connectivity index (χ4v) is 2.18. The van der Waals surface area contributed by atoms with E-state index in [0.717, 1.165) is 17.0 Å². The van der Waals surface area contributed by atoms with Crippen molar-refractivity contribution < 1.29 is 4.74 Å². The molecule has 0 fully saturated rings. The molecule has 0 amide bonds. The van der Waals surface area contributed by atoms with E-state index in [2.05, 4.69) is 6.08 Å². The van der Waals surface area contributed by atoms with E-state index in [1.165, 1.54) is 0 Å². The summed E-state index contributed by atoms with van der Waals surface area (Å²) in [5, 5.41) is 0.735. The van der Waals surface area contributed by atoms with Crippen molar-refractivity contribution >= 4 is 11.6 Å². The van der Waals surface area contributed by atoms with Crippen molar-refractivity contribution in [1.29, 1.82) is 0 Å². The first-order valence-electron chi connectivity index (χ1n) is 4.94. The molecule has 2 rings (SSSR count). The third-order valence-corrected chi connectivity index (χ3v) is 3.10. The van der Waals surface area contributed by atoms with Crippen LogP contribution in [0, 0.1) is 0 Å². The van der Waals surface area contributed by atoms with Crippen molar-refractivity contribution in [1.82, 2.24) is 0 Å². The summed E-state index contributed by atoms with van der Waals surface area (Å²) >= 11 is 6.26. The average Bonchev–Trinajstić information content (AvgIpc) is 2.31. The van der Waals surface area contributed by atoms with Gasteiger partial charge in [-0.15, -0.1) is 0 Å². The van der Waals surface area contributed by atoms with Crippen molar-refractivity contribution in [2.45, 2.75) is 12.0 Å². The summed E-state index contributed by atoms with van der Waals surface area (Å²) in [4.78, 5) is 0. The molecule has 15 heavy (non-hydrogen) atoms. The van der Waals surface area contributed by atoms with Crippen LogP contribution in [0.2, 0.25) is 0 Å². The predicted molar refractivity (Wildman–Crippen MR) is 62.8 cm³/mol. The maximum Gasteiger partial charge on any atom is 0.146 e. The molecular formula is C13H13ClO. The molecular weight excluding hydrogens is 208 g/mol. The molecule has 0 spiro atoms. The molecule has 0 saturated heterocycles. The standard InChI is InChI=1S/C13H13ClO/c1-15-13(10-6-5-9-12(13)14)11-7-3-2-4-8-11/h2-4,6-10H,5H2,1H3. The van der Waals surface area contributed by atoms with E-state index in [4.69, 9.17) is 16.3 Å². The first kappa shape index (κ1) is 10.5. The van der Waals surface area contributed by atoms with Crippen molar-refractivity contribution in [2.75, 3.05) is 7.11 Å². The zero-order valence-electron chi connectivity index (χ0n) is 8.61. The van der Waals surface area contributed by atoms with Crippen LogP contribution in [-0.4, -0.2) is 7.11 Å². The van der Waals surface area contributed by atoms with Crippen LogP contribution in [0.15, 0.2) is 53.6 Å². The summed E-state index contributed by atoms with van der Waals surface area (Å²) in [6.07, 6.45) is 6.95. The second-order valence-corrected chi connectivity index (χ2v) is 3.90. The minimum atomic E-state index is -0.582. The van der Waals surface area contributed by atoms with Crippen molar-refractivity contribution in [2.24, 2.45) is 0 Å². The van der Waals surface area contributed by atoms with Crippen LogP contribution in [0.1, 0.15) is 12.0 Å². The molecule has 78 valence electrons. The van der Waals surface area contributed by atoms with Crippen LogP contribution >= 0.6 is 11.6 Å². The predicted octanol–water partition coefficient (Wildman–Crippen LogP) is 3.61. The fraction of sp³-hybridized carbons (Fsp3) is 0.231. The van der Waals surface area contributed by atoms with E-state index in [1.807, 2.05) is 42.5 Å². The first-order chi connectivity index (χ1) is 7.29. The van der Waals surface area contributed by atoms with Gasteiger partial charge in [0.05, 0.1) is 5.03 Å². The van der Waals surface area contributed by atoms with Gasteiger partial charge < -0.3 is 4.74 Å². The van der Waals surface area contributed by atoms with Crippen molar-refractivity contribution in [3.05, 3.63) is 59.2 Å². The van der Waals surface area contributed by atoms with Gasteiger partial charge in [-0.05, 0) is 18.1 Å². The van der Waals surface area contributed by atoms with E-state index in [0.29, 0.717) is 0 Å². The normalized spacial score (nSPS) is 25.1. The Morgan fingerprint density at radius 3 is 2.60 bits per heavy atom. The fourth-order valence-electron chi connectivity index (χ4n) is 1.84. The molecule has 1 aromatic rings. The molecule has 0 N–H and O–H groups in total. The van der Waals surface area contributed by atoms with Crippen LogP contribution in [0.4, 0.5) is 0 Å². The van der Waals surface area contributed by atoms with E-state index < -0.39 is 5.60 Å². The molecule has 0 bridgehead atoms. The summed E-state index contributed by atoms with van der Waals surface area (Å²) in [7, 11) is 1.68. The number of methoxy groups -OCH3 is 1.